The van der Waals surface area contributed by atoms with Gasteiger partial charge in [-0.25, -0.2) is 0 Å². The van der Waals surface area contributed by atoms with Crippen molar-refractivity contribution in [3.63, 3.8) is 0 Å². The fourth-order valence-corrected chi connectivity index (χ4v) is 4.63. The van der Waals surface area contributed by atoms with E-state index in [-0.39, 0.29) is 30.1 Å². The van der Waals surface area contributed by atoms with Crippen LogP contribution in [0.3, 0.4) is 0 Å². The summed E-state index contributed by atoms with van der Waals surface area (Å²) in [7, 11) is 1.89. The Morgan fingerprint density at radius 2 is 2.03 bits per heavy atom. The average Bonchev–Trinajstić information content (AvgIpc) is 3.47. The molecule has 0 bridgehead atoms. The van der Waals surface area contributed by atoms with Crippen molar-refractivity contribution in [3.8, 4) is 0 Å². The van der Waals surface area contributed by atoms with E-state index in [1.807, 2.05) is 7.05 Å². The minimum absolute atomic E-state index is 0. The predicted octanol–water partition coefficient (Wildman–Crippen LogP) is 2.25. The predicted molar refractivity (Wildman–Crippen MR) is 129 cm³/mol. The van der Waals surface area contributed by atoms with Crippen LogP contribution in [0.2, 0.25) is 0 Å². The van der Waals surface area contributed by atoms with Crippen molar-refractivity contribution in [2.24, 2.45) is 4.99 Å². The Balaban J connectivity index is 0.00000240. The number of likely N-dealkylation sites (tertiary alicyclic amines) is 1. The van der Waals surface area contributed by atoms with Crippen molar-refractivity contribution < 1.29 is 4.74 Å². The lowest BCUT2D eigenvalue weighted by Crippen LogP contribution is -2.50. The maximum Gasteiger partial charge on any atom is 0.193 e. The van der Waals surface area contributed by atoms with E-state index < -0.39 is 0 Å². The third-order valence-electron chi connectivity index (χ3n) is 6.31. The van der Waals surface area contributed by atoms with Crippen molar-refractivity contribution in [2.75, 3.05) is 52.9 Å². The molecule has 7 heteroatoms. The fourth-order valence-electron chi connectivity index (χ4n) is 4.63. The topological polar surface area (TPSA) is 43.3 Å². The molecule has 3 fully saturated rings. The normalized spacial score (nSPS) is 25.1. The van der Waals surface area contributed by atoms with Gasteiger partial charge in [0.05, 0.1) is 18.8 Å². The Bertz CT molecular complexity index is 654. The van der Waals surface area contributed by atoms with Crippen molar-refractivity contribution >= 4 is 29.9 Å². The molecule has 2 unspecified atom stereocenters. The van der Waals surface area contributed by atoms with Gasteiger partial charge in [-0.15, -0.1) is 24.0 Å². The lowest BCUT2D eigenvalue weighted by Gasteiger charge is -2.36. The number of morpholine rings is 1. The molecular formula is C22H36IN5O. The number of hydrogen-bond donors (Lipinski definition) is 1. The molecule has 2 saturated heterocycles. The van der Waals surface area contributed by atoms with Gasteiger partial charge in [-0.05, 0) is 24.9 Å². The first-order valence-electron chi connectivity index (χ1n) is 10.9. The Morgan fingerprint density at radius 1 is 1.24 bits per heavy atom. The lowest BCUT2D eigenvalue weighted by atomic mass is 10.1. The van der Waals surface area contributed by atoms with Gasteiger partial charge < -0.3 is 15.0 Å². The van der Waals surface area contributed by atoms with Crippen LogP contribution in [0.15, 0.2) is 35.3 Å². The minimum atomic E-state index is 0. The Morgan fingerprint density at radius 3 is 2.72 bits per heavy atom. The minimum Gasteiger partial charge on any atom is -0.373 e. The van der Waals surface area contributed by atoms with Crippen molar-refractivity contribution in [1.82, 2.24) is 20.0 Å². The molecule has 1 N–H and O–H groups in total. The van der Waals surface area contributed by atoms with Gasteiger partial charge in [-0.3, -0.25) is 14.8 Å². The molecule has 2 aliphatic heterocycles. The number of aliphatic imine (C=N–C) groups is 1. The summed E-state index contributed by atoms with van der Waals surface area (Å²) in [6, 6.07) is 12.0. The van der Waals surface area contributed by atoms with Crippen LogP contribution in [0.25, 0.3) is 0 Å². The first-order valence-corrected chi connectivity index (χ1v) is 10.9. The van der Waals surface area contributed by atoms with Crippen molar-refractivity contribution in [3.05, 3.63) is 35.9 Å². The van der Waals surface area contributed by atoms with Crippen LogP contribution in [-0.4, -0.2) is 91.8 Å². The molecule has 29 heavy (non-hydrogen) atoms. The second kappa shape index (κ2) is 10.9. The van der Waals surface area contributed by atoms with Crippen LogP contribution in [-0.2, 0) is 11.3 Å². The number of nitrogens with zero attached hydrogens (tertiary/aromatic N) is 4. The van der Waals surface area contributed by atoms with Crippen LogP contribution in [0.5, 0.6) is 0 Å². The lowest BCUT2D eigenvalue weighted by molar-refractivity contribution is -0.0502. The molecule has 1 aliphatic carbocycles. The van der Waals surface area contributed by atoms with Gasteiger partial charge in [0.2, 0.25) is 0 Å². The largest absolute Gasteiger partial charge is 0.373 e. The second-order valence-corrected chi connectivity index (χ2v) is 8.17. The van der Waals surface area contributed by atoms with Gasteiger partial charge >= 0.3 is 0 Å². The molecule has 162 valence electrons. The molecule has 1 aromatic rings. The monoisotopic (exact) mass is 513 g/mol. The zero-order chi connectivity index (χ0) is 19.3. The molecule has 1 saturated carbocycles. The summed E-state index contributed by atoms with van der Waals surface area (Å²) in [4.78, 5) is 12.1. The van der Waals surface area contributed by atoms with Crippen LogP contribution in [0, 0.1) is 0 Å². The fraction of sp³-hybridized carbons (Fsp3) is 0.682. The Hall–Kier alpha value is -0.900. The third-order valence-corrected chi connectivity index (χ3v) is 6.31. The molecule has 0 aromatic heterocycles. The van der Waals surface area contributed by atoms with E-state index in [4.69, 9.17) is 4.74 Å². The number of rotatable bonds is 7. The summed E-state index contributed by atoms with van der Waals surface area (Å²) in [5.74, 6) is 1.02. The standard InChI is InChI=1S/C22H35N5O.HI/c1-3-25(19-9-10-19)12-11-24-22(23-2)27-16-20-21(17-27)28-14-13-26(20)15-18-7-5-4-6-8-18;/h4-8,19-21H,3,9-17H2,1-2H3,(H,23,24);1H. The molecule has 6 nitrogen and oxygen atoms in total. The summed E-state index contributed by atoms with van der Waals surface area (Å²) in [5, 5.41) is 3.59. The molecule has 0 radical (unpaired) electrons. The van der Waals surface area contributed by atoms with E-state index in [2.05, 4.69) is 62.3 Å². The van der Waals surface area contributed by atoms with E-state index in [9.17, 15) is 0 Å². The molecule has 2 heterocycles. The van der Waals surface area contributed by atoms with Crippen LogP contribution in [0.4, 0.5) is 0 Å². The van der Waals surface area contributed by atoms with Gasteiger partial charge in [0.1, 0.15) is 0 Å². The van der Waals surface area contributed by atoms with E-state index in [1.165, 1.54) is 18.4 Å². The smallest absolute Gasteiger partial charge is 0.193 e. The quantitative estimate of drug-likeness (QED) is 0.344. The SMILES string of the molecule is CCN(CCNC(=NC)N1CC2OCCN(Cc3ccccc3)C2C1)C1CC1.I. The summed E-state index contributed by atoms with van der Waals surface area (Å²) in [6.07, 6.45) is 3.01. The van der Waals surface area contributed by atoms with E-state index in [0.717, 1.165) is 64.4 Å². The number of nitrogens with one attached hydrogen (secondary N) is 1. The molecule has 4 rings (SSSR count). The number of likely N-dealkylation sites (N-methyl/N-ethyl adjacent to an activating group) is 1. The third kappa shape index (κ3) is 5.83. The summed E-state index contributed by atoms with van der Waals surface area (Å²) < 4.78 is 6.12. The van der Waals surface area contributed by atoms with Gasteiger partial charge in [0.15, 0.2) is 5.96 Å². The summed E-state index contributed by atoms with van der Waals surface area (Å²) in [5.41, 5.74) is 1.38. The first kappa shape index (κ1) is 22.8. The Kier molecular flexibility index (Phi) is 8.58. The molecule has 1 aromatic carbocycles. The maximum atomic E-state index is 6.12. The second-order valence-electron chi connectivity index (χ2n) is 8.17. The highest BCUT2D eigenvalue weighted by molar-refractivity contribution is 14.0. The summed E-state index contributed by atoms with van der Waals surface area (Å²) >= 11 is 0. The van der Waals surface area contributed by atoms with Crippen LogP contribution < -0.4 is 5.32 Å². The highest BCUT2D eigenvalue weighted by Gasteiger charge is 2.41. The van der Waals surface area contributed by atoms with E-state index in [1.54, 1.807) is 0 Å². The number of hydrogen-bond acceptors (Lipinski definition) is 4. The molecule has 3 aliphatic rings. The van der Waals surface area contributed by atoms with Gasteiger partial charge in [-0.2, -0.15) is 0 Å². The zero-order valence-electron chi connectivity index (χ0n) is 17.8. The van der Waals surface area contributed by atoms with Crippen molar-refractivity contribution in [2.45, 2.75) is 44.5 Å². The molecule has 2 atom stereocenters. The zero-order valence-corrected chi connectivity index (χ0v) is 20.1. The number of benzene rings is 1. The summed E-state index contributed by atoms with van der Waals surface area (Å²) in [6.45, 7) is 10.2. The molecule has 0 amide bonds. The van der Waals surface area contributed by atoms with Crippen LogP contribution in [0.1, 0.15) is 25.3 Å². The van der Waals surface area contributed by atoms with Gasteiger partial charge in [0, 0.05) is 52.4 Å². The molecule has 0 spiro atoms. The van der Waals surface area contributed by atoms with E-state index in [0.29, 0.717) is 6.04 Å². The van der Waals surface area contributed by atoms with E-state index >= 15 is 0 Å². The van der Waals surface area contributed by atoms with Crippen LogP contribution >= 0.6 is 24.0 Å². The highest BCUT2D eigenvalue weighted by Crippen LogP contribution is 2.26. The number of ether oxygens (including phenoxy) is 1. The molecular weight excluding hydrogens is 477 g/mol. The highest BCUT2D eigenvalue weighted by atomic mass is 127. The number of halogens is 1. The number of guanidine groups is 1. The average molecular weight is 513 g/mol. The first-order chi connectivity index (χ1) is 13.8. The van der Waals surface area contributed by atoms with Gasteiger partial charge in [0.25, 0.3) is 0 Å². The van der Waals surface area contributed by atoms with Gasteiger partial charge in [-0.1, -0.05) is 37.3 Å². The Labute approximate surface area is 192 Å². The van der Waals surface area contributed by atoms with Crippen molar-refractivity contribution in [1.29, 1.82) is 0 Å². The number of fused-ring (bicyclic) bond motifs is 1. The maximum absolute atomic E-state index is 6.12.